The van der Waals surface area contributed by atoms with Crippen molar-refractivity contribution >= 4 is 28.9 Å². The zero-order chi connectivity index (χ0) is 5.91. The first-order valence-corrected chi connectivity index (χ1v) is 5.95. The molecule has 0 unspecified atom stereocenters. The van der Waals surface area contributed by atoms with Crippen LogP contribution in [0.4, 0.5) is 0 Å². The molecule has 9 heavy (non-hydrogen) atoms. The van der Waals surface area contributed by atoms with Crippen LogP contribution in [0.3, 0.4) is 0 Å². The van der Waals surface area contributed by atoms with Gasteiger partial charge in [-0.1, -0.05) is 6.92 Å². The summed E-state index contributed by atoms with van der Waals surface area (Å²) in [4.78, 5) is 20.1. The van der Waals surface area contributed by atoms with E-state index in [2.05, 4.69) is 11.8 Å². The van der Waals surface area contributed by atoms with Crippen LogP contribution in [-0.4, -0.2) is 5.75 Å². The third kappa shape index (κ3) is 18.9. The van der Waals surface area contributed by atoms with Gasteiger partial charge in [-0.2, -0.15) is 17.1 Å². The Morgan fingerprint density at radius 1 is 1.44 bits per heavy atom. The summed E-state index contributed by atoms with van der Waals surface area (Å²) in [6, 6.07) is 0. The molecule has 0 aliphatic rings. The molecule has 0 aliphatic heterocycles. The fourth-order valence-corrected chi connectivity index (χ4v) is 2.37. The Kier molecular flexibility index (Phi) is 21.6. The summed E-state index contributed by atoms with van der Waals surface area (Å²) >= 11 is 4.85. The molecule has 0 bridgehead atoms. The minimum atomic E-state index is -3.42. The average molecular weight is 234 g/mol. The van der Waals surface area contributed by atoms with Crippen LogP contribution in [0.1, 0.15) is 6.92 Å². The van der Waals surface area contributed by atoms with Gasteiger partial charge in [-0.15, -0.1) is 11.8 Å². The van der Waals surface area contributed by atoms with Crippen molar-refractivity contribution in [2.45, 2.75) is 6.92 Å². The van der Waals surface area contributed by atoms with Crippen LogP contribution >= 0.6 is 17.1 Å². The molecule has 2 nitrogen and oxygen atoms in total. The fourth-order valence-electron chi connectivity index (χ4n) is 0.158. The number of rotatable bonds is 2. The second-order valence-corrected chi connectivity index (χ2v) is 6.95. The van der Waals surface area contributed by atoms with E-state index in [4.69, 9.17) is 0 Å². The average Bonchev–Trinajstić information content (AvgIpc) is 1.30. The van der Waals surface area contributed by atoms with E-state index >= 15 is 0 Å². The van der Waals surface area contributed by atoms with E-state index in [0.29, 0.717) is 5.75 Å². The Balaban J connectivity index is -0.000000180. The standard InChI is InChI=1S/C2H7O2PS2.2K/c1-2-7-5(3,4)6;;/h2H2,1H3,(H2,3,4,6);;/q;2*+1/p-2. The van der Waals surface area contributed by atoms with Crippen molar-refractivity contribution in [2.75, 3.05) is 5.75 Å². The maximum absolute atomic E-state index is 10.0. The van der Waals surface area contributed by atoms with Gasteiger partial charge in [0.2, 0.25) is 0 Å². The molecule has 0 amide bonds. The fraction of sp³-hybridized carbons (Fsp3) is 1.00. The van der Waals surface area contributed by atoms with Gasteiger partial charge in [0.1, 0.15) is 0 Å². The molecular weight excluding hydrogens is 229 g/mol. The van der Waals surface area contributed by atoms with Gasteiger partial charge in [-0.3, -0.25) is 0 Å². The van der Waals surface area contributed by atoms with Crippen molar-refractivity contribution in [3.05, 3.63) is 0 Å². The van der Waals surface area contributed by atoms with E-state index in [1.807, 2.05) is 0 Å². The van der Waals surface area contributed by atoms with Gasteiger partial charge in [0.05, 0.1) is 0 Å². The minimum Gasteiger partial charge on any atom is -0.825 e. The molecule has 0 fully saturated rings. The predicted molar refractivity (Wildman–Crippen MR) is 32.4 cm³/mol. The summed E-state index contributed by atoms with van der Waals surface area (Å²) < 4.78 is 0. The van der Waals surface area contributed by atoms with Gasteiger partial charge >= 0.3 is 103 Å². The molecule has 0 spiro atoms. The normalized spacial score (nSPS) is 9.22. The third-order valence-corrected chi connectivity index (χ3v) is 3.53. The number of hydrogen-bond acceptors (Lipinski definition) is 4. The SMILES string of the molecule is CCSP([O-])([O-])=S.[K+].[K+]. The largest absolute Gasteiger partial charge is 1.00 e. The molecule has 0 radical (unpaired) electrons. The monoisotopic (exact) mass is 234 g/mol. The van der Waals surface area contributed by atoms with Gasteiger partial charge in [0, 0.05) is 0 Å². The van der Waals surface area contributed by atoms with Crippen LogP contribution in [0.2, 0.25) is 0 Å². The molecular formula is C2H5K2O2PS2. The molecule has 0 N–H and O–H groups in total. The zero-order valence-electron chi connectivity index (χ0n) is 5.79. The second-order valence-electron chi connectivity index (χ2n) is 0.865. The molecule has 44 valence electrons. The van der Waals surface area contributed by atoms with Crippen molar-refractivity contribution in [1.82, 2.24) is 0 Å². The summed E-state index contributed by atoms with van der Waals surface area (Å²) in [6.45, 7) is 1.75. The van der Waals surface area contributed by atoms with E-state index in [0.717, 1.165) is 11.4 Å². The van der Waals surface area contributed by atoms with Gasteiger partial charge in [-0.25, -0.2) is 0 Å². The smallest absolute Gasteiger partial charge is 0.825 e. The topological polar surface area (TPSA) is 46.1 Å². The molecule has 0 aromatic heterocycles. The Morgan fingerprint density at radius 3 is 1.78 bits per heavy atom. The predicted octanol–water partition coefficient (Wildman–Crippen LogP) is -6.31. The molecule has 0 aliphatic carbocycles. The van der Waals surface area contributed by atoms with Crippen molar-refractivity contribution in [1.29, 1.82) is 0 Å². The summed E-state index contributed by atoms with van der Waals surface area (Å²) in [7, 11) is 0. The number of hydrogen-bond donors (Lipinski definition) is 0. The van der Waals surface area contributed by atoms with E-state index in [9.17, 15) is 9.79 Å². The van der Waals surface area contributed by atoms with Gasteiger partial charge in [0.25, 0.3) is 0 Å². The maximum atomic E-state index is 10.0. The first kappa shape index (κ1) is 18.9. The zero-order valence-corrected chi connectivity index (χ0v) is 14.6. The molecule has 0 aromatic carbocycles. The van der Waals surface area contributed by atoms with Crippen LogP contribution in [0.5, 0.6) is 0 Å². The second kappa shape index (κ2) is 10.3. The summed E-state index contributed by atoms with van der Waals surface area (Å²) in [5, 5.41) is 0. The van der Waals surface area contributed by atoms with E-state index in [1.165, 1.54) is 0 Å². The molecule has 0 heterocycles. The van der Waals surface area contributed by atoms with Crippen molar-refractivity contribution in [3.8, 4) is 0 Å². The van der Waals surface area contributed by atoms with Gasteiger partial charge in [-0.05, 0) is 5.75 Å². The summed E-state index contributed by atoms with van der Waals surface area (Å²) in [5.41, 5.74) is -3.42. The van der Waals surface area contributed by atoms with Crippen molar-refractivity contribution in [2.24, 2.45) is 0 Å². The Labute approximate surface area is 150 Å². The Bertz CT molecular complexity index is 94.6. The van der Waals surface area contributed by atoms with E-state index < -0.39 is 5.69 Å². The van der Waals surface area contributed by atoms with Crippen LogP contribution in [0.25, 0.3) is 0 Å². The first-order chi connectivity index (χ1) is 3.06. The van der Waals surface area contributed by atoms with Gasteiger partial charge < -0.3 is 9.79 Å². The summed E-state index contributed by atoms with van der Waals surface area (Å²) in [5.74, 6) is 0.546. The molecule has 7 heteroatoms. The van der Waals surface area contributed by atoms with E-state index in [-0.39, 0.29) is 103 Å². The van der Waals surface area contributed by atoms with Crippen LogP contribution < -0.4 is 113 Å². The first-order valence-electron chi connectivity index (χ1n) is 1.73. The molecule has 0 saturated heterocycles. The molecule has 0 atom stereocenters. The van der Waals surface area contributed by atoms with Gasteiger partial charge in [0.15, 0.2) is 0 Å². The van der Waals surface area contributed by atoms with Crippen LogP contribution in [0.15, 0.2) is 0 Å². The summed E-state index contributed by atoms with van der Waals surface area (Å²) in [6.07, 6.45) is 0. The van der Waals surface area contributed by atoms with Crippen LogP contribution in [0, 0.1) is 0 Å². The third-order valence-electron chi connectivity index (χ3n) is 0.287. The maximum Gasteiger partial charge on any atom is 1.00 e. The van der Waals surface area contributed by atoms with E-state index in [1.54, 1.807) is 6.92 Å². The van der Waals surface area contributed by atoms with Crippen LogP contribution in [-0.2, 0) is 11.8 Å². The minimum absolute atomic E-state index is 0. The quantitative estimate of drug-likeness (QED) is 0.352. The molecule has 0 aromatic rings. The molecule has 0 rings (SSSR count). The van der Waals surface area contributed by atoms with Crippen molar-refractivity contribution in [3.63, 3.8) is 0 Å². The Morgan fingerprint density at radius 2 is 1.78 bits per heavy atom. The van der Waals surface area contributed by atoms with Crippen molar-refractivity contribution < 1.29 is 113 Å². The molecule has 0 saturated carbocycles. The Hall–Kier alpha value is 4.19.